The van der Waals surface area contributed by atoms with Crippen molar-refractivity contribution in [1.29, 1.82) is 0 Å². The molecule has 2 heterocycles. The van der Waals surface area contributed by atoms with Crippen molar-refractivity contribution >= 4 is 28.2 Å². The number of hydrogen-bond acceptors (Lipinski definition) is 5. The molecule has 0 N–H and O–H groups in total. The number of benzene rings is 1. The average molecular weight is 356 g/mol. The topological polar surface area (TPSA) is 79.6 Å². The molecule has 0 aliphatic carbocycles. The Morgan fingerprint density at radius 2 is 1.96 bits per heavy atom. The number of non-ortho nitro benzene ring substituents is 1. The Bertz CT molecular complexity index is 814. The fourth-order valence-corrected chi connectivity index (χ4v) is 3.32. The van der Waals surface area contributed by atoms with Gasteiger partial charge in [-0.3, -0.25) is 19.9 Å². The minimum absolute atomic E-state index is 0.0688. The van der Waals surface area contributed by atoms with Crippen LogP contribution in [0, 0.1) is 16.0 Å². The van der Waals surface area contributed by atoms with Crippen molar-refractivity contribution in [1.82, 2.24) is 9.88 Å². The summed E-state index contributed by atoms with van der Waals surface area (Å²) in [7, 11) is 0. The molecule has 138 valence electrons. The van der Waals surface area contributed by atoms with E-state index in [0.717, 1.165) is 12.1 Å². The number of hydrogen-bond donors (Lipinski definition) is 0. The summed E-state index contributed by atoms with van der Waals surface area (Å²) in [5, 5.41) is 11.8. The number of pyridine rings is 1. The predicted molar refractivity (Wildman–Crippen MR) is 101 cm³/mol. The second-order valence-electron chi connectivity index (χ2n) is 7.06. The molecule has 0 spiro atoms. The van der Waals surface area contributed by atoms with Crippen LogP contribution in [0.25, 0.3) is 10.9 Å². The second kappa shape index (κ2) is 7.68. The quantitative estimate of drug-likeness (QED) is 0.607. The van der Waals surface area contributed by atoms with Crippen molar-refractivity contribution in [2.24, 2.45) is 5.92 Å². The molecule has 7 heteroatoms. The van der Waals surface area contributed by atoms with Gasteiger partial charge in [-0.25, -0.2) is 0 Å². The van der Waals surface area contributed by atoms with E-state index in [4.69, 9.17) is 0 Å². The number of piperazine rings is 1. The number of anilines is 1. The zero-order valence-corrected chi connectivity index (χ0v) is 15.2. The fourth-order valence-electron chi connectivity index (χ4n) is 3.32. The number of aromatic nitrogens is 1. The molecule has 3 rings (SSSR count). The first kappa shape index (κ1) is 18.1. The van der Waals surface area contributed by atoms with Crippen molar-refractivity contribution in [3.63, 3.8) is 0 Å². The third-order valence-electron chi connectivity index (χ3n) is 4.83. The van der Waals surface area contributed by atoms with E-state index in [9.17, 15) is 14.9 Å². The minimum Gasteiger partial charge on any atom is -0.366 e. The summed E-state index contributed by atoms with van der Waals surface area (Å²) in [5.41, 5.74) is 1.60. The van der Waals surface area contributed by atoms with Crippen LogP contribution in [0.2, 0.25) is 0 Å². The molecular weight excluding hydrogens is 332 g/mol. The van der Waals surface area contributed by atoms with Gasteiger partial charge in [-0.05, 0) is 30.5 Å². The lowest BCUT2D eigenvalue weighted by atomic mass is 10.1. The van der Waals surface area contributed by atoms with Crippen molar-refractivity contribution in [2.75, 3.05) is 31.1 Å². The van der Waals surface area contributed by atoms with Crippen LogP contribution in [-0.4, -0.2) is 46.9 Å². The average Bonchev–Trinajstić information content (AvgIpc) is 2.65. The van der Waals surface area contributed by atoms with Gasteiger partial charge >= 0.3 is 0 Å². The second-order valence-corrected chi connectivity index (χ2v) is 7.06. The number of nitro groups is 1. The molecule has 0 radical (unpaired) electrons. The zero-order valence-electron chi connectivity index (χ0n) is 15.2. The molecule has 26 heavy (non-hydrogen) atoms. The monoisotopic (exact) mass is 356 g/mol. The standard InChI is InChI=1S/C19H24N4O3/c1-14(2)5-8-18(24)22-12-10-21(11-13-22)17-7-6-16(23(25)26)15-4-3-9-20-19(15)17/h3-4,6-7,9,14H,5,8,10-13H2,1-2H3. The summed E-state index contributed by atoms with van der Waals surface area (Å²) in [6, 6.07) is 6.75. The molecule has 1 fully saturated rings. The molecule has 1 aliphatic heterocycles. The minimum atomic E-state index is -0.376. The Kier molecular flexibility index (Phi) is 5.35. The highest BCUT2D eigenvalue weighted by molar-refractivity contribution is 5.97. The molecule has 0 unspecified atom stereocenters. The van der Waals surface area contributed by atoms with Crippen molar-refractivity contribution < 1.29 is 9.72 Å². The molecule has 1 saturated heterocycles. The third-order valence-corrected chi connectivity index (χ3v) is 4.83. The van der Waals surface area contributed by atoms with Gasteiger partial charge < -0.3 is 9.80 Å². The highest BCUT2D eigenvalue weighted by Gasteiger charge is 2.24. The van der Waals surface area contributed by atoms with Gasteiger partial charge in [-0.2, -0.15) is 0 Å². The van der Waals surface area contributed by atoms with E-state index in [0.29, 0.717) is 49.4 Å². The fraction of sp³-hybridized carbons (Fsp3) is 0.474. The molecule has 1 amide bonds. The molecule has 7 nitrogen and oxygen atoms in total. The SMILES string of the molecule is CC(C)CCC(=O)N1CCN(c2ccc([N+](=O)[O-])c3cccnc23)CC1. The third kappa shape index (κ3) is 3.76. The smallest absolute Gasteiger partial charge is 0.278 e. The van der Waals surface area contributed by atoms with E-state index in [2.05, 4.69) is 23.7 Å². The molecule has 1 aliphatic rings. The Labute approximate surface area is 152 Å². The van der Waals surface area contributed by atoms with Crippen LogP contribution in [0.5, 0.6) is 0 Å². The van der Waals surface area contributed by atoms with Crippen molar-refractivity contribution in [3.05, 3.63) is 40.6 Å². The Hall–Kier alpha value is -2.70. The van der Waals surface area contributed by atoms with Gasteiger partial charge in [0.2, 0.25) is 5.91 Å². The van der Waals surface area contributed by atoms with Gasteiger partial charge in [-0.1, -0.05) is 13.8 Å². The summed E-state index contributed by atoms with van der Waals surface area (Å²) >= 11 is 0. The molecule has 1 aromatic carbocycles. The number of carbonyl (C=O) groups excluding carboxylic acids is 1. The number of nitrogens with zero attached hydrogens (tertiary/aromatic N) is 4. The highest BCUT2D eigenvalue weighted by atomic mass is 16.6. The first-order valence-corrected chi connectivity index (χ1v) is 9.02. The zero-order chi connectivity index (χ0) is 18.7. The lowest BCUT2D eigenvalue weighted by Crippen LogP contribution is -2.48. The number of rotatable bonds is 5. The van der Waals surface area contributed by atoms with Crippen LogP contribution in [-0.2, 0) is 4.79 Å². The maximum atomic E-state index is 12.3. The van der Waals surface area contributed by atoms with E-state index in [1.165, 1.54) is 0 Å². The van der Waals surface area contributed by atoms with E-state index in [1.807, 2.05) is 4.90 Å². The Morgan fingerprint density at radius 1 is 1.23 bits per heavy atom. The lowest BCUT2D eigenvalue weighted by molar-refractivity contribution is -0.383. The van der Waals surface area contributed by atoms with Crippen LogP contribution in [0.3, 0.4) is 0 Å². The normalized spacial score (nSPS) is 14.9. The van der Waals surface area contributed by atoms with E-state index in [-0.39, 0.29) is 16.5 Å². The van der Waals surface area contributed by atoms with Gasteiger partial charge in [0.15, 0.2) is 0 Å². The summed E-state index contributed by atoms with van der Waals surface area (Å²) in [6.07, 6.45) is 3.16. The maximum absolute atomic E-state index is 12.3. The van der Waals surface area contributed by atoms with Crippen molar-refractivity contribution in [2.45, 2.75) is 26.7 Å². The van der Waals surface area contributed by atoms with Crippen LogP contribution < -0.4 is 4.90 Å². The van der Waals surface area contributed by atoms with Gasteiger partial charge in [0.25, 0.3) is 5.69 Å². The van der Waals surface area contributed by atoms with Crippen LogP contribution in [0.15, 0.2) is 30.5 Å². The molecule has 0 bridgehead atoms. The Morgan fingerprint density at radius 3 is 2.62 bits per heavy atom. The number of carbonyl (C=O) groups is 1. The van der Waals surface area contributed by atoms with E-state index in [1.54, 1.807) is 30.5 Å². The molecule has 2 aromatic rings. The molecule has 1 aromatic heterocycles. The molecule has 0 saturated carbocycles. The van der Waals surface area contributed by atoms with E-state index >= 15 is 0 Å². The number of nitro benzene ring substituents is 1. The summed E-state index contributed by atoms with van der Waals surface area (Å²) in [6.45, 7) is 6.99. The van der Waals surface area contributed by atoms with Gasteiger partial charge in [0.1, 0.15) is 5.52 Å². The maximum Gasteiger partial charge on any atom is 0.278 e. The Balaban J connectivity index is 1.75. The summed E-state index contributed by atoms with van der Waals surface area (Å²) in [4.78, 5) is 31.6. The van der Waals surface area contributed by atoms with E-state index < -0.39 is 0 Å². The van der Waals surface area contributed by atoms with Gasteiger partial charge in [0.05, 0.1) is 16.0 Å². The summed E-state index contributed by atoms with van der Waals surface area (Å²) in [5.74, 6) is 0.739. The number of fused-ring (bicyclic) bond motifs is 1. The number of amides is 1. The van der Waals surface area contributed by atoms with Gasteiger partial charge in [-0.15, -0.1) is 0 Å². The molecule has 0 atom stereocenters. The highest BCUT2D eigenvalue weighted by Crippen LogP contribution is 2.32. The largest absolute Gasteiger partial charge is 0.366 e. The van der Waals surface area contributed by atoms with Crippen LogP contribution >= 0.6 is 0 Å². The summed E-state index contributed by atoms with van der Waals surface area (Å²) < 4.78 is 0. The first-order chi connectivity index (χ1) is 12.5. The lowest BCUT2D eigenvalue weighted by Gasteiger charge is -2.36. The van der Waals surface area contributed by atoms with Crippen LogP contribution in [0.1, 0.15) is 26.7 Å². The van der Waals surface area contributed by atoms with Gasteiger partial charge in [0, 0.05) is 44.9 Å². The predicted octanol–water partition coefficient (Wildman–Crippen LogP) is 3.23. The van der Waals surface area contributed by atoms with Crippen LogP contribution in [0.4, 0.5) is 11.4 Å². The molecular formula is C19H24N4O3. The first-order valence-electron chi connectivity index (χ1n) is 9.02. The van der Waals surface area contributed by atoms with Crippen molar-refractivity contribution in [3.8, 4) is 0 Å².